The zero-order valence-electron chi connectivity index (χ0n) is 13.4. The van der Waals surface area contributed by atoms with Crippen molar-refractivity contribution in [2.24, 2.45) is 0 Å². The predicted molar refractivity (Wildman–Crippen MR) is 94.2 cm³/mol. The summed E-state index contributed by atoms with van der Waals surface area (Å²) in [5, 5.41) is 2.72. The lowest BCUT2D eigenvalue weighted by Gasteiger charge is -2.12. The van der Waals surface area contributed by atoms with E-state index < -0.39 is 21.7 Å². The first kappa shape index (κ1) is 17.5. The number of sulfonamides is 1. The molecular formula is C17H14F2N2O2S2. The van der Waals surface area contributed by atoms with Gasteiger partial charge in [0.1, 0.15) is 0 Å². The Hall–Kier alpha value is -2.32. The molecule has 2 aromatic carbocycles. The summed E-state index contributed by atoms with van der Waals surface area (Å²) in [6.45, 7) is 3.53. The van der Waals surface area contributed by atoms with Gasteiger partial charge in [-0.2, -0.15) is 0 Å². The fraction of sp³-hybridized carbons (Fsp3) is 0.118. The largest absolute Gasteiger partial charge is 0.280 e. The third-order valence-corrected chi connectivity index (χ3v) is 5.86. The highest BCUT2D eigenvalue weighted by Gasteiger charge is 2.19. The monoisotopic (exact) mass is 380 g/mol. The number of hydrogen-bond acceptors (Lipinski definition) is 4. The van der Waals surface area contributed by atoms with Gasteiger partial charge < -0.3 is 0 Å². The van der Waals surface area contributed by atoms with Crippen LogP contribution in [0.15, 0.2) is 46.7 Å². The van der Waals surface area contributed by atoms with Gasteiger partial charge in [0, 0.05) is 17.0 Å². The summed E-state index contributed by atoms with van der Waals surface area (Å²) in [4.78, 5) is 4.41. The summed E-state index contributed by atoms with van der Waals surface area (Å²) in [5.74, 6) is -2.16. The number of aromatic nitrogens is 1. The van der Waals surface area contributed by atoms with E-state index in [4.69, 9.17) is 0 Å². The smallest absolute Gasteiger partial charge is 0.262 e. The molecule has 0 atom stereocenters. The van der Waals surface area contributed by atoms with Crippen molar-refractivity contribution in [3.63, 3.8) is 0 Å². The van der Waals surface area contributed by atoms with Crippen molar-refractivity contribution in [2.75, 3.05) is 4.72 Å². The van der Waals surface area contributed by atoms with Crippen molar-refractivity contribution >= 4 is 27.0 Å². The van der Waals surface area contributed by atoms with Gasteiger partial charge in [-0.05, 0) is 37.6 Å². The number of rotatable bonds is 4. The molecule has 3 aromatic rings. The van der Waals surface area contributed by atoms with E-state index >= 15 is 0 Å². The molecule has 0 spiro atoms. The van der Waals surface area contributed by atoms with Gasteiger partial charge in [-0.3, -0.25) is 4.72 Å². The van der Waals surface area contributed by atoms with Crippen LogP contribution in [0, 0.1) is 25.5 Å². The summed E-state index contributed by atoms with van der Waals surface area (Å²) < 4.78 is 53.9. The van der Waals surface area contributed by atoms with Crippen LogP contribution in [0.25, 0.3) is 11.3 Å². The Balaban J connectivity index is 2.00. The molecule has 130 valence electrons. The van der Waals surface area contributed by atoms with Crippen LogP contribution in [0.2, 0.25) is 0 Å². The molecule has 0 bridgehead atoms. The molecule has 3 rings (SSSR count). The number of benzene rings is 2. The molecule has 4 nitrogen and oxygen atoms in total. The van der Waals surface area contributed by atoms with Crippen LogP contribution in [0.4, 0.5) is 14.5 Å². The average Bonchev–Trinajstić information content (AvgIpc) is 2.97. The van der Waals surface area contributed by atoms with Crippen LogP contribution in [-0.2, 0) is 10.0 Å². The third kappa shape index (κ3) is 3.69. The second kappa shape index (κ2) is 6.53. The lowest BCUT2D eigenvalue weighted by molar-refractivity contribution is 0.509. The highest BCUT2D eigenvalue weighted by molar-refractivity contribution is 7.92. The zero-order valence-corrected chi connectivity index (χ0v) is 15.0. The molecule has 0 aliphatic rings. The number of anilines is 1. The van der Waals surface area contributed by atoms with E-state index in [2.05, 4.69) is 9.71 Å². The van der Waals surface area contributed by atoms with Gasteiger partial charge in [0.15, 0.2) is 11.6 Å². The number of aryl methyl sites for hydroxylation is 2. The first-order valence-corrected chi connectivity index (χ1v) is 9.63. The molecule has 0 saturated carbocycles. The maximum absolute atomic E-state index is 13.3. The fourth-order valence-electron chi connectivity index (χ4n) is 2.31. The average molecular weight is 380 g/mol. The molecule has 0 aliphatic carbocycles. The van der Waals surface area contributed by atoms with Crippen LogP contribution in [0.3, 0.4) is 0 Å². The normalized spacial score (nSPS) is 11.5. The minimum Gasteiger partial charge on any atom is -0.280 e. The van der Waals surface area contributed by atoms with E-state index in [1.165, 1.54) is 23.5 Å². The highest BCUT2D eigenvalue weighted by atomic mass is 32.2. The number of halogens is 2. The van der Waals surface area contributed by atoms with Crippen LogP contribution in [0.1, 0.15) is 10.6 Å². The van der Waals surface area contributed by atoms with Crippen molar-refractivity contribution in [1.29, 1.82) is 0 Å². The lowest BCUT2D eigenvalue weighted by atomic mass is 10.1. The van der Waals surface area contributed by atoms with Crippen LogP contribution < -0.4 is 4.72 Å². The van der Waals surface area contributed by atoms with Gasteiger partial charge in [0.25, 0.3) is 10.0 Å². The standard InChI is InChI=1S/C17H14F2N2O2S2/c1-10-3-4-12(16-9-24-11(2)20-16)7-17(10)25(22,23)21-13-5-6-14(18)15(19)8-13/h3-9,21H,1-2H3. The van der Waals surface area contributed by atoms with Crippen molar-refractivity contribution in [3.8, 4) is 11.3 Å². The van der Waals surface area contributed by atoms with E-state index in [0.29, 0.717) is 16.8 Å². The Morgan fingerprint density at radius 2 is 1.80 bits per heavy atom. The maximum Gasteiger partial charge on any atom is 0.262 e. The second-order valence-electron chi connectivity index (χ2n) is 5.47. The number of nitrogens with one attached hydrogen (secondary N) is 1. The maximum atomic E-state index is 13.3. The quantitative estimate of drug-likeness (QED) is 0.725. The van der Waals surface area contributed by atoms with Crippen molar-refractivity contribution < 1.29 is 17.2 Å². The Labute approximate surface area is 148 Å². The Morgan fingerprint density at radius 1 is 1.04 bits per heavy atom. The molecular weight excluding hydrogens is 366 g/mol. The SMILES string of the molecule is Cc1nc(-c2ccc(C)c(S(=O)(=O)Nc3ccc(F)c(F)c3)c2)cs1. The van der Waals surface area contributed by atoms with E-state index in [0.717, 1.165) is 17.1 Å². The van der Waals surface area contributed by atoms with Gasteiger partial charge in [-0.1, -0.05) is 12.1 Å². The lowest BCUT2D eigenvalue weighted by Crippen LogP contribution is -2.14. The minimum atomic E-state index is -3.96. The summed E-state index contributed by atoms with van der Waals surface area (Å²) in [6, 6.07) is 7.83. The fourth-order valence-corrected chi connectivity index (χ4v) is 4.26. The minimum absolute atomic E-state index is 0.0480. The van der Waals surface area contributed by atoms with E-state index in [9.17, 15) is 17.2 Å². The molecule has 1 aromatic heterocycles. The third-order valence-electron chi connectivity index (χ3n) is 3.56. The van der Waals surface area contributed by atoms with E-state index in [1.807, 2.05) is 12.3 Å². The molecule has 0 fully saturated rings. The molecule has 0 amide bonds. The highest BCUT2D eigenvalue weighted by Crippen LogP contribution is 2.27. The summed E-state index contributed by atoms with van der Waals surface area (Å²) in [6.07, 6.45) is 0. The summed E-state index contributed by atoms with van der Waals surface area (Å²) in [5.41, 5.74) is 1.84. The van der Waals surface area contributed by atoms with Gasteiger partial charge in [0.2, 0.25) is 0 Å². The van der Waals surface area contributed by atoms with Gasteiger partial charge >= 0.3 is 0 Å². The van der Waals surface area contributed by atoms with Crippen molar-refractivity contribution in [3.05, 3.63) is 64.0 Å². The topological polar surface area (TPSA) is 59.1 Å². The first-order chi connectivity index (χ1) is 11.8. The molecule has 1 N–H and O–H groups in total. The number of thiazole rings is 1. The summed E-state index contributed by atoms with van der Waals surface area (Å²) in [7, 11) is -3.96. The molecule has 0 saturated heterocycles. The summed E-state index contributed by atoms with van der Waals surface area (Å²) >= 11 is 1.47. The van der Waals surface area contributed by atoms with Gasteiger partial charge in [-0.15, -0.1) is 11.3 Å². The van der Waals surface area contributed by atoms with Crippen molar-refractivity contribution in [2.45, 2.75) is 18.7 Å². The van der Waals surface area contributed by atoms with Crippen LogP contribution >= 0.6 is 11.3 Å². The van der Waals surface area contributed by atoms with E-state index in [-0.39, 0.29) is 10.6 Å². The molecule has 8 heteroatoms. The van der Waals surface area contributed by atoms with Gasteiger partial charge in [-0.25, -0.2) is 22.2 Å². The predicted octanol–water partition coefficient (Wildman–Crippen LogP) is 4.51. The number of nitrogens with zero attached hydrogens (tertiary/aromatic N) is 1. The van der Waals surface area contributed by atoms with Crippen LogP contribution in [-0.4, -0.2) is 13.4 Å². The Kier molecular flexibility index (Phi) is 4.57. The second-order valence-corrected chi connectivity index (χ2v) is 8.18. The van der Waals surface area contributed by atoms with Gasteiger partial charge in [0.05, 0.1) is 21.3 Å². The number of hydrogen-bond donors (Lipinski definition) is 1. The molecule has 0 aliphatic heterocycles. The molecule has 0 radical (unpaired) electrons. The Morgan fingerprint density at radius 3 is 2.44 bits per heavy atom. The molecule has 1 heterocycles. The molecule has 0 unspecified atom stereocenters. The molecule has 25 heavy (non-hydrogen) atoms. The Bertz CT molecular complexity index is 1050. The van der Waals surface area contributed by atoms with Crippen molar-refractivity contribution in [1.82, 2.24) is 4.98 Å². The first-order valence-electron chi connectivity index (χ1n) is 7.27. The van der Waals surface area contributed by atoms with Crippen LogP contribution in [0.5, 0.6) is 0 Å². The van der Waals surface area contributed by atoms with E-state index in [1.54, 1.807) is 19.1 Å². The zero-order chi connectivity index (χ0) is 18.2.